The molecule has 2 aliphatic heterocycles. The van der Waals surface area contributed by atoms with Crippen LogP contribution >= 0.6 is 36.2 Å². The SMILES string of the molecule is C[C@H]1OCCN[C@@H]1C(=O)N(C)CC(c1cccs1)N1CCOCC1.Cl.Cl. The van der Waals surface area contributed by atoms with E-state index < -0.39 is 0 Å². The first-order chi connectivity index (χ1) is 11.7. The highest BCUT2D eigenvalue weighted by Gasteiger charge is 2.33. The molecule has 26 heavy (non-hydrogen) atoms. The van der Waals surface area contributed by atoms with Gasteiger partial charge in [0.15, 0.2) is 0 Å². The molecule has 1 amide bonds. The van der Waals surface area contributed by atoms with Gasteiger partial charge in [-0.3, -0.25) is 9.69 Å². The van der Waals surface area contributed by atoms with E-state index in [-0.39, 0.29) is 48.9 Å². The number of carbonyl (C=O) groups excluding carboxylic acids is 1. The summed E-state index contributed by atoms with van der Waals surface area (Å²) in [6.07, 6.45) is -0.0859. The van der Waals surface area contributed by atoms with Crippen molar-refractivity contribution < 1.29 is 14.3 Å². The summed E-state index contributed by atoms with van der Waals surface area (Å²) < 4.78 is 11.1. The van der Waals surface area contributed by atoms with E-state index in [0.29, 0.717) is 13.2 Å². The van der Waals surface area contributed by atoms with Crippen molar-refractivity contribution in [2.75, 3.05) is 53.0 Å². The molecule has 1 N–H and O–H groups in total. The largest absolute Gasteiger partial charge is 0.379 e. The quantitative estimate of drug-likeness (QED) is 0.779. The molecule has 150 valence electrons. The van der Waals surface area contributed by atoms with Crippen LogP contribution < -0.4 is 5.32 Å². The highest BCUT2D eigenvalue weighted by Crippen LogP contribution is 2.27. The van der Waals surface area contributed by atoms with Crippen molar-refractivity contribution in [2.45, 2.75) is 25.1 Å². The molecule has 1 aromatic heterocycles. The van der Waals surface area contributed by atoms with E-state index in [4.69, 9.17) is 9.47 Å². The zero-order valence-electron chi connectivity index (χ0n) is 15.3. The van der Waals surface area contributed by atoms with Crippen molar-refractivity contribution in [3.63, 3.8) is 0 Å². The number of ether oxygens (including phenoxy) is 2. The number of amides is 1. The number of likely N-dealkylation sites (N-methyl/N-ethyl adjacent to an activating group) is 1. The second kappa shape index (κ2) is 11.4. The minimum absolute atomic E-state index is 0. The molecule has 0 spiro atoms. The Labute approximate surface area is 172 Å². The molecule has 9 heteroatoms. The van der Waals surface area contributed by atoms with Crippen LogP contribution in [0, 0.1) is 0 Å². The summed E-state index contributed by atoms with van der Waals surface area (Å²) in [6, 6.07) is 4.21. The maximum Gasteiger partial charge on any atom is 0.242 e. The highest BCUT2D eigenvalue weighted by atomic mass is 35.5. The number of rotatable bonds is 5. The van der Waals surface area contributed by atoms with Gasteiger partial charge in [-0.05, 0) is 18.4 Å². The Bertz CT molecular complexity index is 529. The molecule has 0 radical (unpaired) electrons. The first-order valence-corrected chi connectivity index (χ1v) is 9.50. The Morgan fingerprint density at radius 1 is 1.38 bits per heavy atom. The molecule has 1 aromatic rings. The minimum Gasteiger partial charge on any atom is -0.379 e. The molecule has 3 heterocycles. The second-order valence-corrected chi connectivity index (χ2v) is 7.39. The van der Waals surface area contributed by atoms with E-state index in [0.717, 1.165) is 32.8 Å². The fraction of sp³-hybridized carbons (Fsp3) is 0.706. The van der Waals surface area contributed by atoms with Gasteiger partial charge < -0.3 is 19.7 Å². The standard InChI is InChI=1S/C17H27N3O3S.2ClH/c1-13-16(18-5-8-23-13)17(21)19(2)12-14(15-4-3-11-24-15)20-6-9-22-10-7-20;;/h3-4,11,13-14,16,18H,5-10,12H2,1-2H3;2*1H/t13-,14?,16+;;/m1../s1. The first-order valence-electron chi connectivity index (χ1n) is 8.62. The smallest absolute Gasteiger partial charge is 0.242 e. The lowest BCUT2D eigenvalue weighted by molar-refractivity contribution is -0.139. The average Bonchev–Trinajstić information content (AvgIpc) is 3.14. The molecule has 0 aromatic carbocycles. The summed E-state index contributed by atoms with van der Waals surface area (Å²) >= 11 is 1.75. The number of nitrogens with zero attached hydrogens (tertiary/aromatic N) is 2. The number of carbonyl (C=O) groups is 1. The third kappa shape index (κ3) is 5.79. The van der Waals surface area contributed by atoms with Gasteiger partial charge in [0.25, 0.3) is 0 Å². The van der Waals surface area contributed by atoms with E-state index >= 15 is 0 Å². The molecule has 2 fully saturated rings. The fourth-order valence-corrected chi connectivity index (χ4v) is 4.20. The predicted octanol–water partition coefficient (Wildman–Crippen LogP) is 1.80. The number of morpholine rings is 2. The zero-order valence-corrected chi connectivity index (χ0v) is 17.7. The monoisotopic (exact) mass is 425 g/mol. The molecule has 2 aliphatic rings. The van der Waals surface area contributed by atoms with Crippen LogP contribution in [0.4, 0.5) is 0 Å². The van der Waals surface area contributed by atoms with Crippen LogP contribution in [0.25, 0.3) is 0 Å². The normalized spacial score (nSPS) is 24.8. The van der Waals surface area contributed by atoms with Gasteiger partial charge in [-0.1, -0.05) is 6.07 Å². The highest BCUT2D eigenvalue weighted by molar-refractivity contribution is 7.10. The molecule has 0 aliphatic carbocycles. The van der Waals surface area contributed by atoms with Crippen molar-refractivity contribution in [1.82, 2.24) is 15.1 Å². The molecule has 3 atom stereocenters. The Kier molecular flexibility index (Phi) is 10.4. The molecular formula is C17H29Cl2N3O3S. The number of hydrogen-bond acceptors (Lipinski definition) is 6. The predicted molar refractivity (Wildman–Crippen MR) is 109 cm³/mol. The summed E-state index contributed by atoms with van der Waals surface area (Å²) in [4.78, 5) is 18.4. The van der Waals surface area contributed by atoms with E-state index in [1.807, 2.05) is 18.9 Å². The zero-order chi connectivity index (χ0) is 16.9. The number of nitrogens with one attached hydrogen (secondary N) is 1. The summed E-state index contributed by atoms with van der Waals surface area (Å²) in [5.74, 6) is 0.108. The van der Waals surface area contributed by atoms with E-state index in [1.54, 1.807) is 11.3 Å². The maximum atomic E-state index is 12.8. The van der Waals surface area contributed by atoms with Crippen LogP contribution in [-0.4, -0.2) is 80.9 Å². The molecule has 1 unspecified atom stereocenters. The molecule has 6 nitrogen and oxygen atoms in total. The summed E-state index contributed by atoms with van der Waals surface area (Å²) in [7, 11) is 1.90. The van der Waals surface area contributed by atoms with Crippen LogP contribution in [0.2, 0.25) is 0 Å². The topological polar surface area (TPSA) is 54.0 Å². The summed E-state index contributed by atoms with van der Waals surface area (Å²) in [5, 5.41) is 5.39. The lowest BCUT2D eigenvalue weighted by atomic mass is 10.1. The molecule has 3 rings (SSSR count). The van der Waals surface area contributed by atoms with Gasteiger partial charge in [0.1, 0.15) is 6.04 Å². The van der Waals surface area contributed by atoms with Crippen molar-refractivity contribution in [2.24, 2.45) is 0 Å². The molecular weight excluding hydrogens is 397 g/mol. The van der Waals surface area contributed by atoms with Gasteiger partial charge >= 0.3 is 0 Å². The van der Waals surface area contributed by atoms with Gasteiger partial charge in [-0.15, -0.1) is 36.2 Å². The average molecular weight is 426 g/mol. The number of thiophene rings is 1. The van der Waals surface area contributed by atoms with Gasteiger partial charge in [0.2, 0.25) is 5.91 Å². The second-order valence-electron chi connectivity index (χ2n) is 6.41. The van der Waals surface area contributed by atoms with E-state index in [9.17, 15) is 4.79 Å². The van der Waals surface area contributed by atoms with E-state index in [2.05, 4.69) is 27.7 Å². The fourth-order valence-electron chi connectivity index (χ4n) is 3.35. The maximum absolute atomic E-state index is 12.8. The Hall–Kier alpha value is -0.410. The summed E-state index contributed by atoms with van der Waals surface area (Å²) in [5.41, 5.74) is 0. The summed E-state index contributed by atoms with van der Waals surface area (Å²) in [6.45, 7) is 7.37. The number of halogens is 2. The third-order valence-corrected chi connectivity index (χ3v) is 5.74. The van der Waals surface area contributed by atoms with Crippen LogP contribution in [0.3, 0.4) is 0 Å². The lowest BCUT2D eigenvalue weighted by Gasteiger charge is -2.38. The Morgan fingerprint density at radius 3 is 2.73 bits per heavy atom. The van der Waals surface area contributed by atoms with Crippen molar-refractivity contribution in [3.8, 4) is 0 Å². The van der Waals surface area contributed by atoms with Crippen LogP contribution in [0.15, 0.2) is 17.5 Å². The molecule has 0 bridgehead atoms. The molecule has 0 saturated carbocycles. The van der Waals surface area contributed by atoms with Crippen molar-refractivity contribution in [1.29, 1.82) is 0 Å². The van der Waals surface area contributed by atoms with Crippen LogP contribution in [-0.2, 0) is 14.3 Å². The van der Waals surface area contributed by atoms with Crippen molar-refractivity contribution >= 4 is 42.1 Å². The van der Waals surface area contributed by atoms with Crippen LogP contribution in [0.1, 0.15) is 17.8 Å². The third-order valence-electron chi connectivity index (χ3n) is 4.76. The van der Waals surface area contributed by atoms with Gasteiger partial charge in [-0.25, -0.2) is 0 Å². The van der Waals surface area contributed by atoms with Crippen LogP contribution in [0.5, 0.6) is 0 Å². The lowest BCUT2D eigenvalue weighted by Crippen LogP contribution is -2.56. The number of hydrogen-bond donors (Lipinski definition) is 1. The van der Waals surface area contributed by atoms with Crippen molar-refractivity contribution in [3.05, 3.63) is 22.4 Å². The first kappa shape index (κ1) is 23.6. The van der Waals surface area contributed by atoms with Gasteiger partial charge in [0, 0.05) is 38.1 Å². The Morgan fingerprint density at radius 2 is 2.12 bits per heavy atom. The Balaban J connectivity index is 0.00000169. The minimum atomic E-state index is -0.252. The van der Waals surface area contributed by atoms with E-state index in [1.165, 1.54) is 4.88 Å². The van der Waals surface area contributed by atoms with Gasteiger partial charge in [-0.2, -0.15) is 0 Å². The molecule has 2 saturated heterocycles. The van der Waals surface area contributed by atoms with Gasteiger partial charge in [0.05, 0.1) is 32.0 Å².